The van der Waals surface area contributed by atoms with Gasteiger partial charge in [0.05, 0.1) is 40.6 Å². The van der Waals surface area contributed by atoms with Crippen LogP contribution in [-0.4, -0.2) is 45.9 Å². The Kier molecular flexibility index (Phi) is 8.64. The minimum atomic E-state index is -0.0230. The molecule has 0 atom stereocenters. The van der Waals surface area contributed by atoms with Gasteiger partial charge in [0.2, 0.25) is 5.91 Å². The van der Waals surface area contributed by atoms with Gasteiger partial charge in [0.15, 0.2) is 16.6 Å². The maximum atomic E-state index is 13.5. The summed E-state index contributed by atoms with van der Waals surface area (Å²) in [5.74, 6) is 2.69. The number of aromatic nitrogens is 1. The summed E-state index contributed by atoms with van der Waals surface area (Å²) in [6, 6.07) is 21.1. The normalized spacial score (nSPS) is 10.6. The van der Waals surface area contributed by atoms with Gasteiger partial charge in [0, 0.05) is 17.5 Å². The molecule has 37 heavy (non-hydrogen) atoms. The quantitative estimate of drug-likeness (QED) is 0.255. The summed E-state index contributed by atoms with van der Waals surface area (Å²) >= 11 is 1.43. The Morgan fingerprint density at radius 3 is 2.24 bits per heavy atom. The van der Waals surface area contributed by atoms with Crippen molar-refractivity contribution in [1.29, 1.82) is 0 Å². The molecule has 0 N–H and O–H groups in total. The second-order valence-corrected chi connectivity index (χ2v) is 9.07. The number of methoxy groups -OCH3 is 4. The molecule has 0 unspecified atom stereocenters. The Hall–Kier alpha value is -4.04. The Bertz CT molecular complexity index is 1340. The van der Waals surface area contributed by atoms with Gasteiger partial charge in [-0.3, -0.25) is 9.69 Å². The SMILES string of the molecule is COc1ccc(OC)c(-c2csc(N(CCc3ccc(OC)c(OC)c3)C(=O)Cc3ccccc3)n2)c1. The number of rotatable bonds is 11. The van der Waals surface area contributed by atoms with E-state index in [9.17, 15) is 4.79 Å². The summed E-state index contributed by atoms with van der Waals surface area (Å²) in [6.45, 7) is 0.462. The van der Waals surface area contributed by atoms with Crippen LogP contribution in [0.5, 0.6) is 23.0 Å². The zero-order chi connectivity index (χ0) is 26.2. The lowest BCUT2D eigenvalue weighted by Gasteiger charge is -2.20. The van der Waals surface area contributed by atoms with Crippen LogP contribution in [-0.2, 0) is 17.6 Å². The van der Waals surface area contributed by atoms with Gasteiger partial charge >= 0.3 is 0 Å². The third kappa shape index (κ3) is 6.21. The molecule has 4 rings (SSSR count). The van der Waals surface area contributed by atoms with Crippen molar-refractivity contribution in [2.24, 2.45) is 0 Å². The molecule has 1 amide bonds. The number of thiazole rings is 1. The minimum absolute atomic E-state index is 0.0230. The van der Waals surface area contributed by atoms with Gasteiger partial charge in [0.1, 0.15) is 11.5 Å². The predicted molar refractivity (Wildman–Crippen MR) is 146 cm³/mol. The molecule has 1 aromatic heterocycles. The van der Waals surface area contributed by atoms with Gasteiger partial charge in [-0.1, -0.05) is 36.4 Å². The first kappa shape index (κ1) is 26.0. The number of carbonyl (C=O) groups excluding carboxylic acids is 1. The number of amides is 1. The van der Waals surface area contributed by atoms with Gasteiger partial charge in [-0.05, 0) is 47.9 Å². The second-order valence-electron chi connectivity index (χ2n) is 8.23. The van der Waals surface area contributed by atoms with Gasteiger partial charge < -0.3 is 18.9 Å². The number of ether oxygens (including phenoxy) is 4. The number of anilines is 1. The van der Waals surface area contributed by atoms with E-state index in [4.69, 9.17) is 23.9 Å². The number of hydrogen-bond acceptors (Lipinski definition) is 7. The van der Waals surface area contributed by atoms with E-state index >= 15 is 0 Å². The minimum Gasteiger partial charge on any atom is -0.497 e. The fourth-order valence-electron chi connectivity index (χ4n) is 4.00. The lowest BCUT2D eigenvalue weighted by Crippen LogP contribution is -2.34. The molecular weight excluding hydrogens is 488 g/mol. The molecule has 0 saturated heterocycles. The molecule has 0 spiro atoms. The third-order valence-electron chi connectivity index (χ3n) is 5.98. The zero-order valence-electron chi connectivity index (χ0n) is 21.4. The van der Waals surface area contributed by atoms with Crippen molar-refractivity contribution in [1.82, 2.24) is 4.98 Å². The standard InChI is InChI=1S/C29H30N2O5S/c1-33-22-11-13-25(34-2)23(18-22)24-19-37-29(30-24)31(28(32)17-20-8-6-5-7-9-20)15-14-21-10-12-26(35-3)27(16-21)36-4/h5-13,16,18-19H,14-15,17H2,1-4H3. The van der Waals surface area contributed by atoms with Gasteiger partial charge in [0.25, 0.3) is 0 Å². The molecule has 7 nitrogen and oxygen atoms in total. The van der Waals surface area contributed by atoms with Crippen molar-refractivity contribution in [2.45, 2.75) is 12.8 Å². The third-order valence-corrected chi connectivity index (χ3v) is 6.84. The topological polar surface area (TPSA) is 70.1 Å². The largest absolute Gasteiger partial charge is 0.497 e. The molecule has 0 aliphatic heterocycles. The maximum Gasteiger partial charge on any atom is 0.233 e. The van der Waals surface area contributed by atoms with E-state index in [1.807, 2.05) is 72.1 Å². The van der Waals surface area contributed by atoms with Crippen LogP contribution in [0.2, 0.25) is 0 Å². The highest BCUT2D eigenvalue weighted by molar-refractivity contribution is 7.14. The van der Waals surface area contributed by atoms with Crippen molar-refractivity contribution < 1.29 is 23.7 Å². The summed E-state index contributed by atoms with van der Waals surface area (Å²) < 4.78 is 21.7. The van der Waals surface area contributed by atoms with E-state index in [-0.39, 0.29) is 12.3 Å². The first-order chi connectivity index (χ1) is 18.1. The zero-order valence-corrected chi connectivity index (χ0v) is 22.2. The molecule has 192 valence electrons. The average molecular weight is 519 g/mol. The Morgan fingerprint density at radius 2 is 1.54 bits per heavy atom. The van der Waals surface area contributed by atoms with Gasteiger partial charge in [-0.15, -0.1) is 11.3 Å². The average Bonchev–Trinajstić information content (AvgIpc) is 3.43. The Balaban J connectivity index is 1.63. The highest BCUT2D eigenvalue weighted by atomic mass is 32.1. The molecule has 0 fully saturated rings. The lowest BCUT2D eigenvalue weighted by molar-refractivity contribution is -0.118. The molecule has 1 heterocycles. The Morgan fingerprint density at radius 1 is 0.811 bits per heavy atom. The summed E-state index contributed by atoms with van der Waals surface area (Å²) in [5, 5.41) is 2.56. The predicted octanol–water partition coefficient (Wildman–Crippen LogP) is 5.66. The van der Waals surface area contributed by atoms with Crippen LogP contribution >= 0.6 is 11.3 Å². The number of hydrogen-bond donors (Lipinski definition) is 0. The van der Waals surface area contributed by atoms with Crippen LogP contribution in [0.1, 0.15) is 11.1 Å². The van der Waals surface area contributed by atoms with E-state index in [1.165, 1.54) is 11.3 Å². The van der Waals surface area contributed by atoms with E-state index in [0.717, 1.165) is 22.4 Å². The number of carbonyl (C=O) groups is 1. The maximum absolute atomic E-state index is 13.5. The monoisotopic (exact) mass is 518 g/mol. The summed E-state index contributed by atoms with van der Waals surface area (Å²) in [5.41, 5.74) is 3.51. The molecule has 0 aliphatic carbocycles. The van der Waals surface area contributed by atoms with Gasteiger partial charge in [-0.2, -0.15) is 0 Å². The molecule has 0 aliphatic rings. The number of nitrogens with zero attached hydrogens (tertiary/aromatic N) is 2. The fraction of sp³-hybridized carbons (Fsp3) is 0.241. The van der Waals surface area contributed by atoms with Crippen molar-refractivity contribution in [2.75, 3.05) is 39.9 Å². The van der Waals surface area contributed by atoms with Crippen LogP contribution in [0, 0.1) is 0 Å². The highest BCUT2D eigenvalue weighted by Crippen LogP contribution is 2.36. The summed E-state index contributed by atoms with van der Waals surface area (Å²) in [6.07, 6.45) is 0.905. The molecule has 3 aromatic carbocycles. The van der Waals surface area contributed by atoms with Crippen molar-refractivity contribution in [3.8, 4) is 34.3 Å². The van der Waals surface area contributed by atoms with E-state index in [0.29, 0.717) is 41.1 Å². The van der Waals surface area contributed by atoms with Crippen LogP contribution in [0.4, 0.5) is 5.13 Å². The first-order valence-electron chi connectivity index (χ1n) is 11.8. The smallest absolute Gasteiger partial charge is 0.233 e. The van der Waals surface area contributed by atoms with Crippen LogP contribution < -0.4 is 23.8 Å². The highest BCUT2D eigenvalue weighted by Gasteiger charge is 2.21. The lowest BCUT2D eigenvalue weighted by atomic mass is 10.1. The van der Waals surface area contributed by atoms with Crippen molar-refractivity contribution in [3.63, 3.8) is 0 Å². The molecular formula is C29H30N2O5S. The second kappa shape index (κ2) is 12.3. The van der Waals surface area contributed by atoms with Gasteiger partial charge in [-0.25, -0.2) is 4.98 Å². The van der Waals surface area contributed by atoms with Crippen molar-refractivity contribution >= 4 is 22.4 Å². The fourth-order valence-corrected chi connectivity index (χ4v) is 4.86. The van der Waals surface area contributed by atoms with Crippen LogP contribution in [0.3, 0.4) is 0 Å². The number of benzene rings is 3. The van der Waals surface area contributed by atoms with Crippen LogP contribution in [0.25, 0.3) is 11.3 Å². The molecule has 0 saturated carbocycles. The van der Waals surface area contributed by atoms with E-state index in [2.05, 4.69) is 0 Å². The Labute approximate surface area is 221 Å². The molecule has 0 radical (unpaired) electrons. The molecule has 8 heteroatoms. The van der Waals surface area contributed by atoms with Crippen LogP contribution in [0.15, 0.2) is 72.1 Å². The molecule has 4 aromatic rings. The van der Waals surface area contributed by atoms with E-state index < -0.39 is 0 Å². The summed E-state index contributed by atoms with van der Waals surface area (Å²) in [4.78, 5) is 20.1. The van der Waals surface area contributed by atoms with E-state index in [1.54, 1.807) is 33.3 Å². The molecule has 0 bridgehead atoms. The van der Waals surface area contributed by atoms with Crippen molar-refractivity contribution in [3.05, 3.63) is 83.2 Å². The summed E-state index contributed by atoms with van der Waals surface area (Å²) in [7, 11) is 6.47. The first-order valence-corrected chi connectivity index (χ1v) is 12.7.